The van der Waals surface area contributed by atoms with Gasteiger partial charge in [0, 0.05) is 50.2 Å². The Morgan fingerprint density at radius 1 is 0.964 bits per heavy atom. The SMILES string of the molecule is O=C(c1ccc2nsnc2c1)N1CCN(c2cc(-n3cccn3)ncn2)CC1. The molecule has 1 aliphatic heterocycles. The summed E-state index contributed by atoms with van der Waals surface area (Å²) in [6.07, 6.45) is 5.10. The van der Waals surface area contributed by atoms with Gasteiger partial charge in [0.25, 0.3) is 5.91 Å². The van der Waals surface area contributed by atoms with Crippen molar-refractivity contribution in [2.24, 2.45) is 0 Å². The second-order valence-corrected chi connectivity index (χ2v) is 6.96. The van der Waals surface area contributed by atoms with E-state index in [1.165, 1.54) is 0 Å². The fraction of sp³-hybridized carbons (Fsp3) is 0.222. The number of amides is 1. The van der Waals surface area contributed by atoms with E-state index >= 15 is 0 Å². The van der Waals surface area contributed by atoms with E-state index < -0.39 is 0 Å². The number of rotatable bonds is 3. The van der Waals surface area contributed by atoms with Crippen molar-refractivity contribution in [3.05, 3.63) is 54.6 Å². The molecule has 1 fully saturated rings. The Balaban J connectivity index is 1.28. The van der Waals surface area contributed by atoms with Gasteiger partial charge in [-0.3, -0.25) is 4.79 Å². The maximum Gasteiger partial charge on any atom is 0.254 e. The van der Waals surface area contributed by atoms with E-state index in [1.807, 2.05) is 41.4 Å². The molecule has 10 heteroatoms. The summed E-state index contributed by atoms with van der Waals surface area (Å²) in [5.41, 5.74) is 2.24. The average molecular weight is 392 g/mol. The summed E-state index contributed by atoms with van der Waals surface area (Å²) < 4.78 is 10.1. The third-order valence-corrected chi connectivity index (χ3v) is 5.33. The van der Waals surface area contributed by atoms with E-state index in [-0.39, 0.29) is 5.91 Å². The molecule has 140 valence electrons. The lowest BCUT2D eigenvalue weighted by Crippen LogP contribution is -2.49. The van der Waals surface area contributed by atoms with Crippen LogP contribution in [0.5, 0.6) is 0 Å². The normalized spacial score (nSPS) is 14.6. The number of carbonyl (C=O) groups is 1. The number of piperazine rings is 1. The predicted molar refractivity (Wildman–Crippen MR) is 105 cm³/mol. The Labute approximate surface area is 164 Å². The van der Waals surface area contributed by atoms with Crippen molar-refractivity contribution in [1.82, 2.24) is 33.4 Å². The molecule has 4 aromatic rings. The van der Waals surface area contributed by atoms with Crippen LogP contribution in [0.4, 0.5) is 5.82 Å². The summed E-state index contributed by atoms with van der Waals surface area (Å²) in [7, 11) is 0. The van der Waals surface area contributed by atoms with Gasteiger partial charge in [-0.15, -0.1) is 0 Å². The summed E-state index contributed by atoms with van der Waals surface area (Å²) in [5, 5.41) is 4.21. The molecule has 5 rings (SSSR count). The number of hydrogen-bond acceptors (Lipinski definition) is 8. The zero-order valence-corrected chi connectivity index (χ0v) is 15.7. The molecule has 0 atom stereocenters. The minimum Gasteiger partial charge on any atom is -0.353 e. The lowest BCUT2D eigenvalue weighted by molar-refractivity contribution is 0.0746. The second kappa shape index (κ2) is 6.97. The maximum absolute atomic E-state index is 12.8. The molecule has 0 spiro atoms. The van der Waals surface area contributed by atoms with Crippen LogP contribution in [-0.4, -0.2) is 65.5 Å². The van der Waals surface area contributed by atoms with Crippen molar-refractivity contribution in [1.29, 1.82) is 0 Å². The molecule has 1 aromatic carbocycles. The average Bonchev–Trinajstić information content (AvgIpc) is 3.45. The van der Waals surface area contributed by atoms with Crippen LogP contribution in [-0.2, 0) is 0 Å². The minimum atomic E-state index is 0.0227. The zero-order chi connectivity index (χ0) is 18.9. The minimum absolute atomic E-state index is 0.0227. The van der Waals surface area contributed by atoms with Crippen molar-refractivity contribution in [3.63, 3.8) is 0 Å². The van der Waals surface area contributed by atoms with Gasteiger partial charge in [0.05, 0.1) is 11.7 Å². The van der Waals surface area contributed by atoms with Gasteiger partial charge >= 0.3 is 0 Å². The molecule has 0 saturated carbocycles. The number of benzene rings is 1. The van der Waals surface area contributed by atoms with Crippen LogP contribution in [0.25, 0.3) is 16.9 Å². The monoisotopic (exact) mass is 392 g/mol. The van der Waals surface area contributed by atoms with Crippen LogP contribution in [0.2, 0.25) is 0 Å². The Morgan fingerprint density at radius 3 is 2.61 bits per heavy atom. The van der Waals surface area contributed by atoms with Crippen LogP contribution in [0.3, 0.4) is 0 Å². The summed E-state index contributed by atoms with van der Waals surface area (Å²) in [6.45, 7) is 2.68. The van der Waals surface area contributed by atoms with E-state index in [4.69, 9.17) is 0 Å². The quantitative estimate of drug-likeness (QED) is 0.523. The van der Waals surface area contributed by atoms with Gasteiger partial charge in [-0.2, -0.15) is 13.8 Å². The highest BCUT2D eigenvalue weighted by Crippen LogP contribution is 2.19. The first-order valence-electron chi connectivity index (χ1n) is 8.86. The third-order valence-electron chi connectivity index (χ3n) is 4.77. The van der Waals surface area contributed by atoms with Gasteiger partial charge in [-0.1, -0.05) is 0 Å². The van der Waals surface area contributed by atoms with Crippen LogP contribution in [0, 0.1) is 0 Å². The third kappa shape index (κ3) is 3.07. The number of hydrogen-bond donors (Lipinski definition) is 0. The molecule has 0 N–H and O–H groups in total. The summed E-state index contributed by atoms with van der Waals surface area (Å²) in [5.74, 6) is 1.58. The maximum atomic E-state index is 12.8. The molecule has 0 bridgehead atoms. The van der Waals surface area contributed by atoms with Gasteiger partial charge in [-0.05, 0) is 24.3 Å². The van der Waals surface area contributed by atoms with Gasteiger partial charge in [0.2, 0.25) is 0 Å². The van der Waals surface area contributed by atoms with Crippen molar-refractivity contribution < 1.29 is 4.79 Å². The van der Waals surface area contributed by atoms with E-state index in [9.17, 15) is 4.79 Å². The number of nitrogens with zero attached hydrogens (tertiary/aromatic N) is 8. The predicted octanol–water partition coefficient (Wildman–Crippen LogP) is 1.63. The summed E-state index contributed by atoms with van der Waals surface area (Å²) >= 11 is 1.16. The van der Waals surface area contributed by atoms with Crippen LogP contribution in [0.1, 0.15) is 10.4 Å². The lowest BCUT2D eigenvalue weighted by atomic mass is 10.1. The summed E-state index contributed by atoms with van der Waals surface area (Å²) in [4.78, 5) is 25.5. The van der Waals surface area contributed by atoms with E-state index in [2.05, 4.69) is 28.7 Å². The first-order chi connectivity index (χ1) is 13.8. The topological polar surface area (TPSA) is 92.9 Å². The lowest BCUT2D eigenvalue weighted by Gasteiger charge is -2.35. The van der Waals surface area contributed by atoms with E-state index in [1.54, 1.807) is 17.2 Å². The molecule has 1 saturated heterocycles. The van der Waals surface area contributed by atoms with E-state index in [0.717, 1.165) is 34.4 Å². The Morgan fingerprint density at radius 2 is 1.79 bits per heavy atom. The summed E-state index contributed by atoms with van der Waals surface area (Å²) in [6, 6.07) is 9.24. The largest absolute Gasteiger partial charge is 0.353 e. The molecule has 28 heavy (non-hydrogen) atoms. The van der Waals surface area contributed by atoms with Crippen molar-refractivity contribution >= 4 is 34.5 Å². The van der Waals surface area contributed by atoms with Crippen molar-refractivity contribution in [2.75, 3.05) is 31.1 Å². The molecular weight excluding hydrogens is 376 g/mol. The molecule has 4 heterocycles. The highest BCUT2D eigenvalue weighted by molar-refractivity contribution is 7.00. The standard InChI is InChI=1S/C18H16N8OS/c27-18(13-2-3-14-15(10-13)23-28-22-14)25-8-6-24(7-9-25)16-11-17(20-12-19-16)26-5-1-4-21-26/h1-5,10-12H,6-9H2. The van der Waals surface area contributed by atoms with Gasteiger partial charge in [0.15, 0.2) is 5.82 Å². The van der Waals surface area contributed by atoms with Crippen LogP contribution < -0.4 is 4.90 Å². The van der Waals surface area contributed by atoms with Crippen molar-refractivity contribution in [3.8, 4) is 5.82 Å². The smallest absolute Gasteiger partial charge is 0.254 e. The number of aromatic nitrogens is 6. The van der Waals surface area contributed by atoms with Crippen molar-refractivity contribution in [2.45, 2.75) is 0 Å². The Hall–Kier alpha value is -3.40. The first-order valence-corrected chi connectivity index (χ1v) is 9.59. The zero-order valence-electron chi connectivity index (χ0n) is 14.8. The van der Waals surface area contributed by atoms with Gasteiger partial charge in [-0.25, -0.2) is 14.6 Å². The fourth-order valence-corrected chi connectivity index (χ4v) is 3.79. The fourth-order valence-electron chi connectivity index (χ4n) is 3.28. The second-order valence-electron chi connectivity index (χ2n) is 6.43. The first kappa shape index (κ1) is 16.8. The molecule has 0 aliphatic carbocycles. The molecular formula is C18H16N8OS. The number of carbonyl (C=O) groups excluding carboxylic acids is 1. The highest BCUT2D eigenvalue weighted by atomic mass is 32.1. The number of fused-ring (bicyclic) bond motifs is 1. The van der Waals surface area contributed by atoms with Crippen LogP contribution >= 0.6 is 11.7 Å². The molecule has 9 nitrogen and oxygen atoms in total. The molecule has 0 radical (unpaired) electrons. The Kier molecular flexibility index (Phi) is 4.17. The van der Waals surface area contributed by atoms with Gasteiger partial charge < -0.3 is 9.80 Å². The Bertz CT molecular complexity index is 1120. The molecule has 1 aliphatic rings. The molecule has 1 amide bonds. The molecule has 0 unspecified atom stereocenters. The van der Waals surface area contributed by atoms with E-state index in [0.29, 0.717) is 31.7 Å². The number of anilines is 1. The van der Waals surface area contributed by atoms with Gasteiger partial charge in [0.1, 0.15) is 23.2 Å². The van der Waals surface area contributed by atoms with Crippen LogP contribution in [0.15, 0.2) is 49.1 Å². The highest BCUT2D eigenvalue weighted by Gasteiger charge is 2.23. The molecule has 3 aromatic heterocycles.